The van der Waals surface area contributed by atoms with Gasteiger partial charge in [-0.25, -0.2) is 0 Å². The molecular weight excluding hydrogens is 412 g/mol. The highest BCUT2D eigenvalue weighted by Gasteiger charge is 2.14. The molecule has 10 nitrogen and oxygen atoms in total. The number of carbonyl (C=O) groups excluding carboxylic acids is 2. The largest absolute Gasteiger partial charge is 0.508 e. The molecule has 2 aromatic carbocycles. The van der Waals surface area contributed by atoms with E-state index in [1.54, 1.807) is 6.07 Å². The summed E-state index contributed by atoms with van der Waals surface area (Å²) in [5.41, 5.74) is 0.0704. The Labute approximate surface area is 179 Å². The van der Waals surface area contributed by atoms with Crippen molar-refractivity contribution in [1.82, 2.24) is 0 Å². The van der Waals surface area contributed by atoms with Crippen molar-refractivity contribution in [3.8, 4) is 23.0 Å². The molecular formula is C21H28O10. The van der Waals surface area contributed by atoms with Gasteiger partial charge >= 0.3 is 0 Å². The number of aliphatic carboxylic acids is 2. The number of ketones is 2. The number of aromatic hydroxyl groups is 4. The van der Waals surface area contributed by atoms with Crippen molar-refractivity contribution in [2.75, 3.05) is 0 Å². The Morgan fingerprint density at radius 1 is 0.613 bits per heavy atom. The maximum Gasteiger partial charge on any atom is 0.300 e. The van der Waals surface area contributed by atoms with Gasteiger partial charge in [0.1, 0.15) is 23.0 Å². The second-order valence-corrected chi connectivity index (χ2v) is 5.56. The van der Waals surface area contributed by atoms with E-state index in [2.05, 4.69) is 0 Å². The van der Waals surface area contributed by atoms with Crippen LogP contribution in [0, 0.1) is 0 Å². The van der Waals surface area contributed by atoms with Gasteiger partial charge < -0.3 is 30.6 Å². The molecule has 0 aromatic heterocycles. The van der Waals surface area contributed by atoms with Gasteiger partial charge in [-0.2, -0.15) is 0 Å². The van der Waals surface area contributed by atoms with Crippen LogP contribution in [-0.4, -0.2) is 54.1 Å². The number of carboxylic acid groups (broad SMARTS) is 2. The van der Waals surface area contributed by atoms with Gasteiger partial charge in [0.25, 0.3) is 11.9 Å². The molecule has 0 heterocycles. The zero-order chi connectivity index (χ0) is 24.0. The van der Waals surface area contributed by atoms with Gasteiger partial charge in [0.05, 0.1) is 11.1 Å². The molecule has 0 atom stereocenters. The van der Waals surface area contributed by atoms with E-state index < -0.39 is 11.9 Å². The number of benzene rings is 2. The van der Waals surface area contributed by atoms with E-state index in [9.17, 15) is 19.8 Å². The summed E-state index contributed by atoms with van der Waals surface area (Å²) in [7, 11) is 0. The second-order valence-electron chi connectivity index (χ2n) is 5.56. The first-order chi connectivity index (χ1) is 13.7. The highest BCUT2D eigenvalue weighted by Crippen LogP contribution is 2.27. The van der Waals surface area contributed by atoms with Crippen molar-refractivity contribution in [3.63, 3.8) is 0 Å². The van der Waals surface area contributed by atoms with E-state index in [4.69, 9.17) is 30.0 Å². The normalized spacial score (nSPS) is 8.39. The molecule has 172 valence electrons. The van der Waals surface area contributed by atoms with Gasteiger partial charge in [-0.05, 0) is 32.0 Å². The molecule has 0 fully saturated rings. The van der Waals surface area contributed by atoms with Crippen molar-refractivity contribution in [1.29, 1.82) is 0 Å². The van der Waals surface area contributed by atoms with Gasteiger partial charge in [0.2, 0.25) is 0 Å². The third-order valence-corrected chi connectivity index (χ3v) is 2.70. The van der Waals surface area contributed by atoms with Crippen molar-refractivity contribution in [2.45, 2.75) is 35.1 Å². The molecule has 10 heteroatoms. The first-order valence-corrected chi connectivity index (χ1v) is 8.13. The van der Waals surface area contributed by atoms with Crippen molar-refractivity contribution >= 4 is 23.5 Å². The molecule has 0 bridgehead atoms. The second kappa shape index (κ2) is 15.8. The first kappa shape index (κ1) is 31.6. The molecule has 31 heavy (non-hydrogen) atoms. The summed E-state index contributed by atoms with van der Waals surface area (Å²) in [5.74, 6) is -2.84. The van der Waals surface area contributed by atoms with Crippen LogP contribution in [0.2, 0.25) is 0 Å². The molecule has 0 aliphatic carbocycles. The summed E-state index contributed by atoms with van der Waals surface area (Å²) >= 11 is 0. The summed E-state index contributed by atoms with van der Waals surface area (Å²) in [6.07, 6.45) is 0. The maximum absolute atomic E-state index is 11.0. The number of carboxylic acids is 2. The molecule has 0 saturated carbocycles. The lowest BCUT2D eigenvalue weighted by Gasteiger charge is -2.05. The molecule has 0 aliphatic heterocycles. The summed E-state index contributed by atoms with van der Waals surface area (Å²) < 4.78 is 0. The minimum absolute atomic E-state index is 0. The molecule has 0 spiro atoms. The number of Topliss-reactive ketones (excluding diaryl/α,β-unsaturated/α-hetero) is 2. The van der Waals surface area contributed by atoms with E-state index in [0.717, 1.165) is 19.9 Å². The van der Waals surface area contributed by atoms with Crippen molar-refractivity contribution in [2.24, 2.45) is 0 Å². The van der Waals surface area contributed by atoms with Gasteiger partial charge in [-0.1, -0.05) is 13.5 Å². The van der Waals surface area contributed by atoms with E-state index in [0.29, 0.717) is 0 Å². The Hall–Kier alpha value is -4.08. The Kier molecular flexibility index (Phi) is 16.1. The summed E-state index contributed by atoms with van der Waals surface area (Å²) in [6, 6.07) is 8.03. The van der Waals surface area contributed by atoms with E-state index in [1.807, 2.05) is 0 Å². The lowest BCUT2D eigenvalue weighted by molar-refractivity contribution is -0.135. The molecule has 6 N–H and O–H groups in total. The molecule has 2 aromatic rings. The van der Waals surface area contributed by atoms with Crippen LogP contribution in [0.1, 0.15) is 55.8 Å². The maximum atomic E-state index is 11.0. The SMILES string of the molecule is C.CC(=O)O.CC(=O)O.CC(=O)c1cc(C(C)=O)c(O)cc1O.Oc1cccc(O)c1. The lowest BCUT2D eigenvalue weighted by atomic mass is 10.0. The Morgan fingerprint density at radius 2 is 0.903 bits per heavy atom. The van der Waals surface area contributed by atoms with Gasteiger partial charge in [0.15, 0.2) is 11.6 Å². The van der Waals surface area contributed by atoms with Crippen LogP contribution in [0.15, 0.2) is 36.4 Å². The van der Waals surface area contributed by atoms with Crippen LogP contribution in [0.5, 0.6) is 23.0 Å². The molecule has 0 saturated heterocycles. The highest BCUT2D eigenvalue weighted by molar-refractivity contribution is 6.03. The average molecular weight is 440 g/mol. The molecule has 0 amide bonds. The zero-order valence-electron chi connectivity index (χ0n) is 16.8. The predicted molar refractivity (Wildman–Crippen MR) is 113 cm³/mol. The summed E-state index contributed by atoms with van der Waals surface area (Å²) in [6.45, 7) is 4.71. The topological polar surface area (TPSA) is 190 Å². The molecule has 0 aliphatic rings. The van der Waals surface area contributed by atoms with E-state index >= 15 is 0 Å². The Balaban J connectivity index is -0.000000390. The monoisotopic (exact) mass is 440 g/mol. The van der Waals surface area contributed by atoms with Crippen LogP contribution in [-0.2, 0) is 9.59 Å². The number of rotatable bonds is 2. The van der Waals surface area contributed by atoms with Gasteiger partial charge in [-0.3, -0.25) is 19.2 Å². The van der Waals surface area contributed by atoms with Crippen LogP contribution >= 0.6 is 0 Å². The smallest absolute Gasteiger partial charge is 0.300 e. The zero-order valence-corrected chi connectivity index (χ0v) is 16.8. The van der Waals surface area contributed by atoms with Crippen LogP contribution in [0.3, 0.4) is 0 Å². The highest BCUT2D eigenvalue weighted by atomic mass is 16.4. The summed E-state index contributed by atoms with van der Waals surface area (Å²) in [4.78, 5) is 40.0. The molecule has 2 rings (SSSR count). The number of phenols is 4. The first-order valence-electron chi connectivity index (χ1n) is 8.13. The van der Waals surface area contributed by atoms with E-state index in [-0.39, 0.29) is 53.1 Å². The summed E-state index contributed by atoms with van der Waals surface area (Å²) in [5, 5.41) is 50.7. The van der Waals surface area contributed by atoms with Crippen LogP contribution < -0.4 is 0 Å². The average Bonchev–Trinajstić information content (AvgIpc) is 2.53. The fourth-order valence-corrected chi connectivity index (χ4v) is 1.63. The van der Waals surface area contributed by atoms with Crippen LogP contribution in [0.25, 0.3) is 0 Å². The van der Waals surface area contributed by atoms with Gasteiger partial charge in [0, 0.05) is 26.0 Å². The number of hydrogen-bond donors (Lipinski definition) is 6. The van der Waals surface area contributed by atoms with Crippen molar-refractivity contribution in [3.05, 3.63) is 47.5 Å². The molecule has 0 radical (unpaired) electrons. The fraction of sp³-hybridized carbons (Fsp3) is 0.238. The lowest BCUT2D eigenvalue weighted by Crippen LogP contribution is -1.99. The number of hydrogen-bond acceptors (Lipinski definition) is 8. The standard InChI is InChI=1S/C10H10O4.C6H6O2.2C2H4O2.CH4/c1-5(11)7-3-8(6(2)12)10(14)4-9(7)13;7-5-2-1-3-6(8)4-5;2*1-2(3)4;/h3-4,13-14H,1-2H3;1-4,7-8H;2*1H3,(H,3,4);1H4. The van der Waals surface area contributed by atoms with Crippen molar-refractivity contribution < 1.29 is 49.8 Å². The quantitative estimate of drug-likeness (QED) is 0.377. The third-order valence-electron chi connectivity index (χ3n) is 2.70. The Morgan fingerprint density at radius 3 is 1.10 bits per heavy atom. The molecule has 0 unspecified atom stereocenters. The fourth-order valence-electron chi connectivity index (χ4n) is 1.63. The minimum atomic E-state index is -0.833. The van der Waals surface area contributed by atoms with Crippen LogP contribution in [0.4, 0.5) is 0 Å². The minimum Gasteiger partial charge on any atom is -0.508 e. The number of phenolic OH excluding ortho intramolecular Hbond substituents is 4. The number of carbonyl (C=O) groups is 4. The predicted octanol–water partition coefficient (Wildman–Crippen LogP) is 3.42. The third kappa shape index (κ3) is 16.6. The van der Waals surface area contributed by atoms with Gasteiger partial charge in [-0.15, -0.1) is 0 Å². The Bertz CT molecular complexity index is 815. The van der Waals surface area contributed by atoms with E-state index in [1.165, 1.54) is 38.1 Å².